The van der Waals surface area contributed by atoms with Crippen molar-refractivity contribution in [3.63, 3.8) is 0 Å². The Morgan fingerprint density at radius 2 is 1.96 bits per heavy atom. The Morgan fingerprint density at radius 1 is 1.20 bits per heavy atom. The topological polar surface area (TPSA) is 58.4 Å². The molecule has 1 heterocycles. The highest BCUT2D eigenvalue weighted by Gasteiger charge is 2.20. The molecule has 0 aliphatic carbocycles. The van der Waals surface area contributed by atoms with Gasteiger partial charge in [-0.3, -0.25) is 4.79 Å². The summed E-state index contributed by atoms with van der Waals surface area (Å²) in [6.45, 7) is 1.89. The van der Waals surface area contributed by atoms with Crippen molar-refractivity contribution in [2.24, 2.45) is 0 Å². The molecule has 0 bridgehead atoms. The number of nitrogens with one attached hydrogen (secondary N) is 1. The van der Waals surface area contributed by atoms with Gasteiger partial charge in [-0.25, -0.2) is 0 Å². The van der Waals surface area contributed by atoms with Crippen molar-refractivity contribution in [3.05, 3.63) is 58.6 Å². The van der Waals surface area contributed by atoms with Gasteiger partial charge in [-0.2, -0.15) is 0 Å². The highest BCUT2D eigenvalue weighted by Crippen LogP contribution is 2.30. The number of nitrogens with two attached hydrogens (primary N) is 1. The van der Waals surface area contributed by atoms with Crippen molar-refractivity contribution < 1.29 is 4.79 Å². The SMILES string of the molecule is Cl.Nc1cccc2c1CCCN2CC(=O)NCCc1ccc(Cl)cc1. The number of fused-ring (bicyclic) bond motifs is 1. The molecule has 6 heteroatoms. The molecule has 0 atom stereocenters. The summed E-state index contributed by atoms with van der Waals surface area (Å²) in [6.07, 6.45) is 2.81. The zero-order valence-corrected chi connectivity index (χ0v) is 15.6. The number of nitrogens with zero attached hydrogens (tertiary/aromatic N) is 1. The first-order valence-electron chi connectivity index (χ1n) is 8.27. The second-order valence-corrected chi connectivity index (χ2v) is 6.53. The highest BCUT2D eigenvalue weighted by atomic mass is 35.5. The minimum absolute atomic E-state index is 0. The van der Waals surface area contributed by atoms with Crippen LogP contribution in [-0.2, 0) is 17.6 Å². The first kappa shape index (κ1) is 19.4. The summed E-state index contributed by atoms with van der Waals surface area (Å²) in [7, 11) is 0. The molecule has 134 valence electrons. The third kappa shape index (κ3) is 5.03. The van der Waals surface area contributed by atoms with Crippen molar-refractivity contribution in [1.82, 2.24) is 5.32 Å². The lowest BCUT2D eigenvalue weighted by Gasteiger charge is -2.31. The second kappa shape index (κ2) is 8.97. The van der Waals surface area contributed by atoms with Gasteiger partial charge in [0.05, 0.1) is 6.54 Å². The second-order valence-electron chi connectivity index (χ2n) is 6.10. The fourth-order valence-corrected chi connectivity index (χ4v) is 3.24. The molecule has 4 nitrogen and oxygen atoms in total. The molecule has 0 unspecified atom stereocenters. The van der Waals surface area contributed by atoms with Crippen molar-refractivity contribution in [2.75, 3.05) is 30.3 Å². The summed E-state index contributed by atoms with van der Waals surface area (Å²) in [5.41, 5.74) is 10.3. The largest absolute Gasteiger partial charge is 0.398 e. The Kier molecular flexibility index (Phi) is 6.97. The maximum atomic E-state index is 12.2. The van der Waals surface area contributed by atoms with E-state index in [9.17, 15) is 4.79 Å². The fourth-order valence-electron chi connectivity index (χ4n) is 3.12. The van der Waals surface area contributed by atoms with Gasteiger partial charge < -0.3 is 16.0 Å². The number of hydrogen-bond acceptors (Lipinski definition) is 3. The Balaban J connectivity index is 0.00000225. The first-order chi connectivity index (χ1) is 11.6. The van der Waals surface area contributed by atoms with Crippen molar-refractivity contribution >= 4 is 41.3 Å². The van der Waals surface area contributed by atoms with E-state index >= 15 is 0 Å². The summed E-state index contributed by atoms with van der Waals surface area (Å²) in [4.78, 5) is 14.4. The number of amides is 1. The van der Waals surface area contributed by atoms with E-state index < -0.39 is 0 Å². The van der Waals surface area contributed by atoms with Crippen LogP contribution in [0.4, 0.5) is 11.4 Å². The number of anilines is 2. The van der Waals surface area contributed by atoms with Crippen LogP contribution in [0.15, 0.2) is 42.5 Å². The van der Waals surface area contributed by atoms with Crippen LogP contribution >= 0.6 is 24.0 Å². The number of halogens is 2. The zero-order valence-electron chi connectivity index (χ0n) is 14.0. The molecule has 2 aromatic carbocycles. The van der Waals surface area contributed by atoms with Gasteiger partial charge >= 0.3 is 0 Å². The predicted octanol–water partition coefficient (Wildman–Crippen LogP) is 3.46. The van der Waals surface area contributed by atoms with Crippen LogP contribution in [0, 0.1) is 0 Å². The number of nitrogen functional groups attached to an aromatic ring is 1. The average molecular weight is 380 g/mol. The Labute approximate surface area is 159 Å². The molecule has 25 heavy (non-hydrogen) atoms. The van der Waals surface area contributed by atoms with Gasteiger partial charge in [-0.15, -0.1) is 12.4 Å². The molecule has 3 N–H and O–H groups in total. The molecule has 0 fully saturated rings. The van der Waals surface area contributed by atoms with Gasteiger partial charge in [0, 0.05) is 29.5 Å². The smallest absolute Gasteiger partial charge is 0.239 e. The quantitative estimate of drug-likeness (QED) is 0.782. The minimum Gasteiger partial charge on any atom is -0.398 e. The van der Waals surface area contributed by atoms with E-state index in [1.807, 2.05) is 42.5 Å². The molecular formula is C19H23Cl2N3O. The van der Waals surface area contributed by atoms with Gasteiger partial charge in [-0.1, -0.05) is 29.8 Å². The Hall–Kier alpha value is -1.91. The van der Waals surface area contributed by atoms with Gasteiger partial charge in [0.15, 0.2) is 0 Å². The standard InChI is InChI=1S/C19H22ClN3O.ClH/c20-15-8-6-14(7-9-15)10-11-22-19(24)13-23-12-2-3-16-17(21)4-1-5-18(16)23;/h1,4-9H,2-3,10-13,21H2,(H,22,24);1H. The van der Waals surface area contributed by atoms with Crippen molar-refractivity contribution in [1.29, 1.82) is 0 Å². The minimum atomic E-state index is 0. The Bertz CT molecular complexity index is 719. The lowest BCUT2D eigenvalue weighted by Crippen LogP contribution is -2.40. The monoisotopic (exact) mass is 379 g/mol. The zero-order chi connectivity index (χ0) is 16.9. The van der Waals surface area contributed by atoms with E-state index in [0.29, 0.717) is 13.1 Å². The van der Waals surface area contributed by atoms with Crippen LogP contribution in [0.5, 0.6) is 0 Å². The normalized spacial score (nSPS) is 12.9. The molecule has 1 aliphatic rings. The molecule has 3 rings (SSSR count). The van der Waals surface area contributed by atoms with Crippen LogP contribution in [0.1, 0.15) is 17.5 Å². The summed E-state index contributed by atoms with van der Waals surface area (Å²) in [6, 6.07) is 13.6. The van der Waals surface area contributed by atoms with E-state index in [2.05, 4.69) is 10.2 Å². The van der Waals surface area contributed by atoms with E-state index in [1.54, 1.807) is 0 Å². The van der Waals surface area contributed by atoms with Crippen molar-refractivity contribution in [3.8, 4) is 0 Å². The van der Waals surface area contributed by atoms with Crippen LogP contribution in [0.25, 0.3) is 0 Å². The fraction of sp³-hybridized carbons (Fsp3) is 0.316. The van der Waals surface area contributed by atoms with Gasteiger partial charge in [0.2, 0.25) is 5.91 Å². The third-order valence-electron chi connectivity index (χ3n) is 4.37. The number of hydrogen-bond donors (Lipinski definition) is 2. The van der Waals surface area contributed by atoms with Crippen molar-refractivity contribution in [2.45, 2.75) is 19.3 Å². The highest BCUT2D eigenvalue weighted by molar-refractivity contribution is 6.30. The molecule has 0 spiro atoms. The van der Waals surface area contributed by atoms with Gasteiger partial charge in [0.1, 0.15) is 0 Å². The summed E-state index contributed by atoms with van der Waals surface area (Å²) >= 11 is 5.87. The molecule has 0 aromatic heterocycles. The number of carbonyl (C=O) groups excluding carboxylic acids is 1. The predicted molar refractivity (Wildman–Crippen MR) is 107 cm³/mol. The number of benzene rings is 2. The average Bonchev–Trinajstić information content (AvgIpc) is 2.58. The lowest BCUT2D eigenvalue weighted by molar-refractivity contribution is -0.119. The first-order valence-corrected chi connectivity index (χ1v) is 8.65. The van der Waals surface area contributed by atoms with E-state index in [1.165, 1.54) is 0 Å². The molecule has 0 radical (unpaired) electrons. The number of carbonyl (C=O) groups is 1. The van der Waals surface area contributed by atoms with E-state index in [0.717, 1.165) is 53.3 Å². The third-order valence-corrected chi connectivity index (χ3v) is 4.62. The van der Waals surface area contributed by atoms with E-state index in [4.69, 9.17) is 17.3 Å². The van der Waals surface area contributed by atoms with Crippen LogP contribution < -0.4 is 16.0 Å². The molecule has 1 amide bonds. The molecular weight excluding hydrogens is 357 g/mol. The van der Waals surface area contributed by atoms with Crippen LogP contribution in [0.3, 0.4) is 0 Å². The Morgan fingerprint density at radius 3 is 2.72 bits per heavy atom. The molecule has 0 saturated heterocycles. The summed E-state index contributed by atoms with van der Waals surface area (Å²) in [5.74, 6) is 0.0410. The van der Waals surface area contributed by atoms with E-state index in [-0.39, 0.29) is 18.3 Å². The van der Waals surface area contributed by atoms with Crippen LogP contribution in [0.2, 0.25) is 5.02 Å². The summed E-state index contributed by atoms with van der Waals surface area (Å²) < 4.78 is 0. The maximum absolute atomic E-state index is 12.2. The van der Waals surface area contributed by atoms with Crippen LogP contribution in [-0.4, -0.2) is 25.5 Å². The van der Waals surface area contributed by atoms with Gasteiger partial charge in [-0.05, 0) is 54.7 Å². The van der Waals surface area contributed by atoms with Gasteiger partial charge in [0.25, 0.3) is 0 Å². The lowest BCUT2D eigenvalue weighted by atomic mass is 10.00. The summed E-state index contributed by atoms with van der Waals surface area (Å²) in [5, 5.41) is 3.72. The molecule has 1 aliphatic heterocycles. The molecule has 0 saturated carbocycles. The maximum Gasteiger partial charge on any atom is 0.239 e. The number of rotatable bonds is 5. The molecule has 2 aromatic rings.